The number of rotatable bonds is 5. The van der Waals surface area contributed by atoms with Crippen LogP contribution in [0.2, 0.25) is 0 Å². The van der Waals surface area contributed by atoms with Crippen LogP contribution in [-0.4, -0.2) is 25.0 Å². The number of carbonyl (C=O) groups is 2. The summed E-state index contributed by atoms with van der Waals surface area (Å²) in [6, 6.07) is 5.40. The maximum absolute atomic E-state index is 11.9. The van der Waals surface area contributed by atoms with E-state index in [0.29, 0.717) is 18.0 Å². The van der Waals surface area contributed by atoms with E-state index in [4.69, 9.17) is 4.74 Å². The van der Waals surface area contributed by atoms with Gasteiger partial charge < -0.3 is 10.1 Å². The minimum absolute atomic E-state index is 0.210. The first-order valence-electron chi connectivity index (χ1n) is 8.07. The Balaban J connectivity index is 1.73. The molecule has 1 amide bonds. The molecule has 1 N–H and O–H groups in total. The largest absolute Gasteiger partial charge is 0.452 e. The Kier molecular flexibility index (Phi) is 5.99. The highest BCUT2D eigenvalue weighted by Crippen LogP contribution is 2.22. The molecule has 0 atom stereocenters. The van der Waals surface area contributed by atoms with E-state index >= 15 is 0 Å². The molecule has 120 valence electrons. The predicted molar refractivity (Wildman–Crippen MR) is 85.8 cm³/mol. The van der Waals surface area contributed by atoms with Crippen LogP contribution >= 0.6 is 0 Å². The second-order valence-electron chi connectivity index (χ2n) is 6.18. The highest BCUT2D eigenvalue weighted by atomic mass is 16.5. The lowest BCUT2D eigenvalue weighted by molar-refractivity contribution is -0.124. The normalized spacial score (nSPS) is 15.4. The van der Waals surface area contributed by atoms with E-state index in [1.807, 2.05) is 19.9 Å². The van der Waals surface area contributed by atoms with Crippen molar-refractivity contribution in [1.29, 1.82) is 0 Å². The van der Waals surface area contributed by atoms with Crippen molar-refractivity contribution in [2.45, 2.75) is 46.0 Å². The lowest BCUT2D eigenvalue weighted by Crippen LogP contribution is -2.33. The van der Waals surface area contributed by atoms with E-state index in [0.717, 1.165) is 11.1 Å². The van der Waals surface area contributed by atoms with Crippen LogP contribution in [-0.2, 0) is 9.53 Å². The fourth-order valence-corrected chi connectivity index (χ4v) is 2.78. The molecule has 0 unspecified atom stereocenters. The number of nitrogens with one attached hydrogen (secondary N) is 1. The van der Waals surface area contributed by atoms with Crippen LogP contribution in [0.4, 0.5) is 0 Å². The van der Waals surface area contributed by atoms with Crippen LogP contribution in [0.3, 0.4) is 0 Å². The first-order chi connectivity index (χ1) is 10.6. The molecule has 1 aliphatic rings. The molecule has 1 aromatic carbocycles. The van der Waals surface area contributed by atoms with E-state index in [-0.39, 0.29) is 12.5 Å². The SMILES string of the molecule is Cc1ccc(C(=O)OCC(=O)NCC2CCCCC2)cc1C. The van der Waals surface area contributed by atoms with Gasteiger partial charge in [-0.2, -0.15) is 0 Å². The third-order valence-corrected chi connectivity index (χ3v) is 4.39. The minimum Gasteiger partial charge on any atom is -0.452 e. The first-order valence-corrected chi connectivity index (χ1v) is 8.07. The van der Waals surface area contributed by atoms with Gasteiger partial charge in [0.1, 0.15) is 0 Å². The van der Waals surface area contributed by atoms with Crippen LogP contribution in [0.5, 0.6) is 0 Å². The Morgan fingerprint density at radius 2 is 1.86 bits per heavy atom. The third-order valence-electron chi connectivity index (χ3n) is 4.39. The molecule has 4 heteroatoms. The summed E-state index contributed by atoms with van der Waals surface area (Å²) in [4.78, 5) is 23.7. The van der Waals surface area contributed by atoms with Gasteiger partial charge in [0.25, 0.3) is 5.91 Å². The second kappa shape index (κ2) is 7.97. The van der Waals surface area contributed by atoms with Crippen molar-refractivity contribution in [3.8, 4) is 0 Å². The molecule has 0 heterocycles. The van der Waals surface area contributed by atoms with Gasteiger partial charge in [-0.1, -0.05) is 25.3 Å². The summed E-state index contributed by atoms with van der Waals surface area (Å²) in [6.07, 6.45) is 6.17. The van der Waals surface area contributed by atoms with Crippen molar-refractivity contribution in [2.75, 3.05) is 13.2 Å². The molecular weight excluding hydrogens is 278 g/mol. The van der Waals surface area contributed by atoms with E-state index in [2.05, 4.69) is 5.32 Å². The average molecular weight is 303 g/mol. The molecule has 2 rings (SSSR count). The summed E-state index contributed by atoms with van der Waals surface area (Å²) in [5, 5.41) is 2.86. The number of aryl methyl sites for hydroxylation is 2. The van der Waals surface area contributed by atoms with Gasteiger partial charge in [-0.25, -0.2) is 4.79 Å². The van der Waals surface area contributed by atoms with Crippen molar-refractivity contribution in [2.24, 2.45) is 5.92 Å². The van der Waals surface area contributed by atoms with Crippen molar-refractivity contribution < 1.29 is 14.3 Å². The number of hydrogen-bond acceptors (Lipinski definition) is 3. The van der Waals surface area contributed by atoms with Crippen molar-refractivity contribution >= 4 is 11.9 Å². The first kappa shape index (κ1) is 16.5. The number of ether oxygens (including phenoxy) is 1. The summed E-state index contributed by atoms with van der Waals surface area (Å²) in [5.41, 5.74) is 2.65. The van der Waals surface area contributed by atoms with Gasteiger partial charge in [0, 0.05) is 6.54 Å². The molecule has 1 aromatic rings. The zero-order valence-electron chi connectivity index (χ0n) is 13.5. The highest BCUT2D eigenvalue weighted by molar-refractivity contribution is 5.91. The number of hydrogen-bond donors (Lipinski definition) is 1. The molecule has 4 nitrogen and oxygen atoms in total. The molecule has 1 saturated carbocycles. The van der Waals surface area contributed by atoms with Crippen LogP contribution in [0, 0.1) is 19.8 Å². The molecule has 0 saturated heterocycles. The van der Waals surface area contributed by atoms with Crippen molar-refractivity contribution in [1.82, 2.24) is 5.32 Å². The van der Waals surface area contributed by atoms with E-state index in [9.17, 15) is 9.59 Å². The molecule has 0 bridgehead atoms. The fraction of sp³-hybridized carbons (Fsp3) is 0.556. The quantitative estimate of drug-likeness (QED) is 0.850. The maximum Gasteiger partial charge on any atom is 0.338 e. The standard InChI is InChI=1S/C18H25NO3/c1-13-8-9-16(10-14(13)2)18(21)22-12-17(20)19-11-15-6-4-3-5-7-15/h8-10,15H,3-7,11-12H2,1-2H3,(H,19,20). The Bertz CT molecular complexity index is 533. The average Bonchev–Trinajstić information content (AvgIpc) is 2.54. The van der Waals surface area contributed by atoms with Gasteiger partial charge in [-0.3, -0.25) is 4.79 Å². The summed E-state index contributed by atoms with van der Waals surface area (Å²) in [5.74, 6) is -0.0909. The summed E-state index contributed by atoms with van der Waals surface area (Å²) in [6.45, 7) is 4.42. The molecule has 0 aromatic heterocycles. The molecule has 0 spiro atoms. The Hall–Kier alpha value is -1.84. The molecule has 22 heavy (non-hydrogen) atoms. The molecule has 1 aliphatic carbocycles. The van der Waals surface area contributed by atoms with Gasteiger partial charge >= 0.3 is 5.97 Å². The summed E-state index contributed by atoms with van der Waals surface area (Å²) >= 11 is 0. The zero-order valence-corrected chi connectivity index (χ0v) is 13.5. The minimum atomic E-state index is -0.448. The van der Waals surface area contributed by atoms with Gasteiger partial charge in [0.05, 0.1) is 5.56 Å². The van der Waals surface area contributed by atoms with E-state index < -0.39 is 5.97 Å². The third kappa shape index (κ3) is 4.86. The maximum atomic E-state index is 11.9. The number of benzene rings is 1. The summed E-state index contributed by atoms with van der Waals surface area (Å²) in [7, 11) is 0. The predicted octanol–water partition coefficient (Wildman–Crippen LogP) is 3.16. The van der Waals surface area contributed by atoms with Crippen LogP contribution in [0.25, 0.3) is 0 Å². The smallest absolute Gasteiger partial charge is 0.338 e. The summed E-state index contributed by atoms with van der Waals surface area (Å²) < 4.78 is 5.07. The van der Waals surface area contributed by atoms with Crippen LogP contribution < -0.4 is 5.32 Å². The Morgan fingerprint density at radius 1 is 1.14 bits per heavy atom. The number of carbonyl (C=O) groups excluding carboxylic acids is 2. The van der Waals surface area contributed by atoms with Crippen molar-refractivity contribution in [3.63, 3.8) is 0 Å². The van der Waals surface area contributed by atoms with Gasteiger partial charge in [0.2, 0.25) is 0 Å². The van der Waals surface area contributed by atoms with Crippen LogP contribution in [0.1, 0.15) is 53.6 Å². The monoisotopic (exact) mass is 303 g/mol. The fourth-order valence-electron chi connectivity index (χ4n) is 2.78. The lowest BCUT2D eigenvalue weighted by atomic mass is 9.89. The topological polar surface area (TPSA) is 55.4 Å². The van der Waals surface area contributed by atoms with Gasteiger partial charge in [-0.05, 0) is 55.9 Å². The number of esters is 1. The molecule has 0 radical (unpaired) electrons. The van der Waals surface area contributed by atoms with E-state index in [1.165, 1.54) is 32.1 Å². The van der Waals surface area contributed by atoms with Crippen LogP contribution in [0.15, 0.2) is 18.2 Å². The van der Waals surface area contributed by atoms with Gasteiger partial charge in [-0.15, -0.1) is 0 Å². The van der Waals surface area contributed by atoms with Gasteiger partial charge in [0.15, 0.2) is 6.61 Å². The van der Waals surface area contributed by atoms with Crippen molar-refractivity contribution in [3.05, 3.63) is 34.9 Å². The molecule has 1 fully saturated rings. The Morgan fingerprint density at radius 3 is 2.55 bits per heavy atom. The molecular formula is C18H25NO3. The second-order valence-corrected chi connectivity index (χ2v) is 6.18. The Labute approximate surface area is 132 Å². The lowest BCUT2D eigenvalue weighted by Gasteiger charge is -2.21. The molecule has 0 aliphatic heterocycles. The highest BCUT2D eigenvalue weighted by Gasteiger charge is 2.15. The zero-order chi connectivity index (χ0) is 15.9. The van der Waals surface area contributed by atoms with E-state index in [1.54, 1.807) is 12.1 Å². The number of amides is 1.